The molecule has 5 heteroatoms. The number of benzene rings is 2. The van der Waals surface area contributed by atoms with Crippen LogP contribution in [0.2, 0.25) is 0 Å². The Morgan fingerprint density at radius 2 is 1.85 bits per heavy atom. The molecule has 1 heterocycles. The summed E-state index contributed by atoms with van der Waals surface area (Å²) >= 11 is 0. The summed E-state index contributed by atoms with van der Waals surface area (Å²) in [4.78, 5) is 16.7. The van der Waals surface area contributed by atoms with E-state index in [0.29, 0.717) is 11.3 Å². The molecule has 3 rings (SSSR count). The van der Waals surface area contributed by atoms with Crippen molar-refractivity contribution in [1.29, 1.82) is 0 Å². The Morgan fingerprint density at radius 1 is 1.10 bits per heavy atom. The van der Waals surface area contributed by atoms with E-state index in [0.717, 1.165) is 10.6 Å². The maximum Gasteiger partial charge on any atom is 0.266 e. The molecular weight excluding hydrogens is 262 g/mol. The van der Waals surface area contributed by atoms with Crippen LogP contribution in [0.3, 0.4) is 0 Å². The zero-order valence-electron chi connectivity index (χ0n) is 10.6. The molecule has 0 saturated carbocycles. The largest absolute Gasteiger partial charge is 0.268 e. The van der Waals surface area contributed by atoms with Crippen LogP contribution in [-0.4, -0.2) is 9.55 Å². The highest BCUT2D eigenvalue weighted by molar-refractivity contribution is 5.78. The molecule has 3 nitrogen and oxygen atoms in total. The molecule has 0 aliphatic rings. The van der Waals surface area contributed by atoms with Crippen LogP contribution in [0.25, 0.3) is 16.6 Å². The smallest absolute Gasteiger partial charge is 0.266 e. The fraction of sp³-hybridized carbons (Fsp3) is 0.0667. The summed E-state index contributed by atoms with van der Waals surface area (Å²) in [7, 11) is 0. The van der Waals surface area contributed by atoms with Gasteiger partial charge in [-0.15, -0.1) is 0 Å². The van der Waals surface area contributed by atoms with Gasteiger partial charge in [-0.3, -0.25) is 9.36 Å². The minimum absolute atomic E-state index is 0.105. The number of rotatable bonds is 1. The first-order valence-electron chi connectivity index (χ1n) is 6.02. The number of aryl methyl sites for hydroxylation is 1. The fourth-order valence-corrected chi connectivity index (χ4v) is 2.19. The van der Waals surface area contributed by atoms with Crippen LogP contribution in [0.4, 0.5) is 8.78 Å². The zero-order valence-corrected chi connectivity index (χ0v) is 10.6. The van der Waals surface area contributed by atoms with Gasteiger partial charge in [0.05, 0.1) is 16.6 Å². The summed E-state index contributed by atoms with van der Waals surface area (Å²) in [5.74, 6) is -0.713. The Bertz CT molecular complexity index is 871. The van der Waals surface area contributed by atoms with E-state index in [1.807, 2.05) is 0 Å². The van der Waals surface area contributed by atoms with Gasteiger partial charge in [-0.05, 0) is 37.3 Å². The Hall–Kier alpha value is -2.56. The van der Waals surface area contributed by atoms with Crippen LogP contribution in [0.15, 0.2) is 47.3 Å². The minimum atomic E-state index is -0.532. The number of hydrogen-bond acceptors (Lipinski definition) is 2. The highest BCUT2D eigenvalue weighted by atomic mass is 19.1. The van der Waals surface area contributed by atoms with E-state index in [1.54, 1.807) is 13.0 Å². The van der Waals surface area contributed by atoms with Crippen molar-refractivity contribution in [3.05, 3.63) is 70.3 Å². The topological polar surface area (TPSA) is 34.9 Å². The van der Waals surface area contributed by atoms with Crippen LogP contribution in [0, 0.1) is 18.6 Å². The molecule has 0 spiro atoms. The van der Waals surface area contributed by atoms with Crippen molar-refractivity contribution in [2.24, 2.45) is 0 Å². The summed E-state index contributed by atoms with van der Waals surface area (Å²) in [5, 5.41) is 0.124. The van der Waals surface area contributed by atoms with Crippen LogP contribution in [0.1, 0.15) is 5.82 Å². The Balaban J connectivity index is 2.43. The van der Waals surface area contributed by atoms with Gasteiger partial charge in [-0.2, -0.15) is 0 Å². The molecule has 0 aliphatic heterocycles. The van der Waals surface area contributed by atoms with E-state index in [9.17, 15) is 13.6 Å². The zero-order chi connectivity index (χ0) is 14.3. The number of halogens is 2. The van der Waals surface area contributed by atoms with Gasteiger partial charge in [0, 0.05) is 0 Å². The van der Waals surface area contributed by atoms with Crippen LogP contribution in [0.5, 0.6) is 0 Å². The van der Waals surface area contributed by atoms with Crippen molar-refractivity contribution in [3.8, 4) is 5.69 Å². The highest BCUT2D eigenvalue weighted by Crippen LogP contribution is 2.16. The van der Waals surface area contributed by atoms with Crippen molar-refractivity contribution >= 4 is 10.9 Å². The number of nitrogens with zero attached hydrogens (tertiary/aromatic N) is 2. The van der Waals surface area contributed by atoms with Gasteiger partial charge in [-0.25, -0.2) is 13.8 Å². The maximum absolute atomic E-state index is 13.9. The second-order valence-corrected chi connectivity index (χ2v) is 4.41. The van der Waals surface area contributed by atoms with Gasteiger partial charge >= 0.3 is 0 Å². The van der Waals surface area contributed by atoms with Crippen molar-refractivity contribution in [2.45, 2.75) is 6.92 Å². The molecule has 0 aliphatic carbocycles. The van der Waals surface area contributed by atoms with Crippen LogP contribution in [-0.2, 0) is 0 Å². The molecule has 100 valence electrons. The summed E-state index contributed by atoms with van der Waals surface area (Å²) in [6, 6.07) is 9.69. The standard InChI is InChI=1S/C15H10F2N2O/c1-9-18-13-7-6-10(16)8-11(13)15(20)19(9)14-5-3-2-4-12(14)17/h2-8H,1H3. The molecular formula is C15H10F2N2O. The maximum atomic E-state index is 13.9. The normalized spacial score (nSPS) is 10.9. The van der Waals surface area contributed by atoms with Crippen LogP contribution >= 0.6 is 0 Å². The number of fused-ring (bicyclic) bond motifs is 1. The molecule has 20 heavy (non-hydrogen) atoms. The van der Waals surface area contributed by atoms with E-state index < -0.39 is 17.2 Å². The second kappa shape index (κ2) is 4.52. The van der Waals surface area contributed by atoms with E-state index in [1.165, 1.54) is 30.3 Å². The van der Waals surface area contributed by atoms with E-state index in [4.69, 9.17) is 0 Å². The average Bonchev–Trinajstić information content (AvgIpc) is 2.42. The van der Waals surface area contributed by atoms with Gasteiger partial charge in [-0.1, -0.05) is 12.1 Å². The average molecular weight is 272 g/mol. The first-order valence-corrected chi connectivity index (χ1v) is 6.02. The van der Waals surface area contributed by atoms with Gasteiger partial charge in [0.2, 0.25) is 0 Å². The van der Waals surface area contributed by atoms with Gasteiger partial charge in [0.15, 0.2) is 0 Å². The minimum Gasteiger partial charge on any atom is -0.268 e. The summed E-state index contributed by atoms with van der Waals surface area (Å²) < 4.78 is 28.3. The molecule has 3 aromatic rings. The molecule has 1 aromatic heterocycles. The molecule has 0 atom stereocenters. The molecule has 0 fully saturated rings. The Labute approximate surface area is 113 Å². The Morgan fingerprint density at radius 3 is 2.60 bits per heavy atom. The molecule has 0 bridgehead atoms. The summed E-state index contributed by atoms with van der Waals surface area (Å²) in [6.07, 6.45) is 0. The summed E-state index contributed by atoms with van der Waals surface area (Å²) in [6.45, 7) is 1.61. The molecule has 0 radical (unpaired) electrons. The first-order chi connectivity index (χ1) is 9.58. The van der Waals surface area contributed by atoms with Crippen LogP contribution < -0.4 is 5.56 Å². The van der Waals surface area contributed by atoms with Crippen molar-refractivity contribution in [1.82, 2.24) is 9.55 Å². The monoisotopic (exact) mass is 272 g/mol. The van der Waals surface area contributed by atoms with Crippen molar-refractivity contribution < 1.29 is 8.78 Å². The van der Waals surface area contributed by atoms with Crippen molar-refractivity contribution in [2.75, 3.05) is 0 Å². The number of hydrogen-bond donors (Lipinski definition) is 0. The molecule has 2 aromatic carbocycles. The third kappa shape index (κ3) is 1.87. The van der Waals surface area contributed by atoms with E-state index >= 15 is 0 Å². The molecule has 0 saturated heterocycles. The first kappa shape index (κ1) is 12.5. The number of aromatic nitrogens is 2. The van der Waals surface area contributed by atoms with Gasteiger partial charge in [0.25, 0.3) is 5.56 Å². The Kier molecular flexibility index (Phi) is 2.82. The lowest BCUT2D eigenvalue weighted by Gasteiger charge is -2.11. The third-order valence-corrected chi connectivity index (χ3v) is 3.09. The molecule has 0 unspecified atom stereocenters. The lowest BCUT2D eigenvalue weighted by atomic mass is 10.2. The van der Waals surface area contributed by atoms with Gasteiger partial charge < -0.3 is 0 Å². The predicted octanol–water partition coefficient (Wildman–Crippen LogP) is 2.97. The lowest BCUT2D eigenvalue weighted by molar-refractivity contribution is 0.613. The van der Waals surface area contributed by atoms with E-state index in [2.05, 4.69) is 4.98 Å². The van der Waals surface area contributed by atoms with Crippen molar-refractivity contribution in [3.63, 3.8) is 0 Å². The third-order valence-electron chi connectivity index (χ3n) is 3.09. The lowest BCUT2D eigenvalue weighted by Crippen LogP contribution is -2.23. The fourth-order valence-electron chi connectivity index (χ4n) is 2.19. The molecule has 0 N–H and O–H groups in total. The predicted molar refractivity (Wildman–Crippen MR) is 72.0 cm³/mol. The second-order valence-electron chi connectivity index (χ2n) is 4.41. The quantitative estimate of drug-likeness (QED) is 0.682. The van der Waals surface area contributed by atoms with Gasteiger partial charge in [0.1, 0.15) is 17.5 Å². The highest BCUT2D eigenvalue weighted by Gasteiger charge is 2.13. The SMILES string of the molecule is Cc1nc2ccc(F)cc2c(=O)n1-c1ccccc1F. The molecule has 0 amide bonds. The summed E-state index contributed by atoms with van der Waals surface area (Å²) in [5.41, 5.74) is 0.00671. The number of para-hydroxylation sites is 1. The van der Waals surface area contributed by atoms with E-state index in [-0.39, 0.29) is 11.1 Å².